The van der Waals surface area contributed by atoms with E-state index in [1.807, 2.05) is 30.7 Å². The highest BCUT2D eigenvalue weighted by molar-refractivity contribution is 7.92. The van der Waals surface area contributed by atoms with Gasteiger partial charge < -0.3 is 20.2 Å². The molecule has 0 bridgehead atoms. The molecule has 0 fully saturated rings. The van der Waals surface area contributed by atoms with Gasteiger partial charge in [0.2, 0.25) is 0 Å². The molecule has 46 heavy (non-hydrogen) atoms. The van der Waals surface area contributed by atoms with Crippen molar-refractivity contribution >= 4 is 43.5 Å². The maximum absolute atomic E-state index is 15.7. The number of benzene rings is 3. The second-order valence-corrected chi connectivity index (χ2v) is 11.4. The molecule has 10 nitrogen and oxygen atoms in total. The van der Waals surface area contributed by atoms with Crippen molar-refractivity contribution in [3.8, 4) is 28.3 Å². The van der Waals surface area contributed by atoms with Gasteiger partial charge in [0.1, 0.15) is 34.4 Å². The van der Waals surface area contributed by atoms with Crippen LogP contribution in [0.4, 0.5) is 24.7 Å². The number of nitrogen functional groups attached to an aromatic ring is 1. The number of H-pyrrole nitrogens is 1. The third kappa shape index (κ3) is 6.43. The number of methoxy groups -OCH3 is 1. The molecule has 3 heterocycles. The Morgan fingerprint density at radius 3 is 2.33 bits per heavy atom. The van der Waals surface area contributed by atoms with Gasteiger partial charge in [-0.15, -0.1) is 0 Å². The molecule has 14 heteroatoms. The van der Waals surface area contributed by atoms with E-state index in [2.05, 4.69) is 19.9 Å². The fraction of sp³-hybridized carbons (Fsp3) is 0.156. The number of aromatic amines is 1. The summed E-state index contributed by atoms with van der Waals surface area (Å²) in [6.45, 7) is 5.67. The van der Waals surface area contributed by atoms with Crippen LogP contribution in [0.5, 0.6) is 5.75 Å². The molecule has 4 N–H and O–H groups in total. The van der Waals surface area contributed by atoms with E-state index < -0.39 is 38.1 Å². The molecule has 0 aliphatic heterocycles. The molecule has 0 aliphatic rings. The summed E-state index contributed by atoms with van der Waals surface area (Å²) in [5.74, 6) is -2.97. The molecule has 0 amide bonds. The lowest BCUT2D eigenvalue weighted by atomic mass is 10.0. The number of halogens is 3. The minimum Gasteiger partial charge on any atom is -0.494 e. The van der Waals surface area contributed by atoms with E-state index in [1.54, 1.807) is 12.4 Å². The van der Waals surface area contributed by atoms with Crippen LogP contribution < -0.4 is 15.2 Å². The van der Waals surface area contributed by atoms with Crippen LogP contribution in [0.3, 0.4) is 0 Å². The molecule has 3 aromatic carbocycles. The summed E-state index contributed by atoms with van der Waals surface area (Å²) in [7, 11) is -3.39. The van der Waals surface area contributed by atoms with Gasteiger partial charge in [0.15, 0.2) is 16.5 Å². The molecule has 0 aliphatic carbocycles. The van der Waals surface area contributed by atoms with Crippen LogP contribution >= 0.6 is 0 Å². The van der Waals surface area contributed by atoms with E-state index in [0.29, 0.717) is 27.9 Å². The highest BCUT2D eigenvalue weighted by Gasteiger charge is 2.26. The largest absolute Gasteiger partial charge is 0.494 e. The summed E-state index contributed by atoms with van der Waals surface area (Å²) >= 11 is 0. The van der Waals surface area contributed by atoms with E-state index in [9.17, 15) is 17.2 Å². The number of nitrogens with zero attached hydrogens (tertiary/aromatic N) is 3. The third-order valence-electron chi connectivity index (χ3n) is 6.82. The first kappa shape index (κ1) is 32.2. The van der Waals surface area contributed by atoms with Crippen LogP contribution in [0.2, 0.25) is 0 Å². The van der Waals surface area contributed by atoms with Gasteiger partial charge in [0, 0.05) is 47.5 Å². The van der Waals surface area contributed by atoms with E-state index in [4.69, 9.17) is 15.2 Å². The minimum absolute atomic E-state index is 0.0370. The first-order valence-electron chi connectivity index (χ1n) is 14.0. The van der Waals surface area contributed by atoms with Crippen molar-refractivity contribution in [1.82, 2.24) is 19.9 Å². The number of nitrogens with two attached hydrogens (primary N) is 1. The Morgan fingerprint density at radius 1 is 0.935 bits per heavy atom. The number of ether oxygens (including phenoxy) is 2. The highest BCUT2D eigenvalue weighted by Crippen LogP contribution is 2.37. The Bertz CT molecular complexity index is 2140. The molecule has 0 unspecified atom stereocenters. The fourth-order valence-electron chi connectivity index (χ4n) is 4.70. The lowest BCUT2D eigenvalue weighted by molar-refractivity contribution is 0.162. The van der Waals surface area contributed by atoms with E-state index in [0.717, 1.165) is 42.9 Å². The van der Waals surface area contributed by atoms with Crippen LogP contribution in [0.1, 0.15) is 13.8 Å². The zero-order valence-electron chi connectivity index (χ0n) is 24.9. The molecule has 0 radical (unpaired) electrons. The van der Waals surface area contributed by atoms with Crippen LogP contribution in [-0.2, 0) is 14.8 Å². The van der Waals surface area contributed by atoms with Gasteiger partial charge in [-0.3, -0.25) is 4.72 Å². The quantitative estimate of drug-likeness (QED) is 0.165. The van der Waals surface area contributed by atoms with Gasteiger partial charge in [0.25, 0.3) is 10.0 Å². The topological polar surface area (TPSA) is 145 Å². The van der Waals surface area contributed by atoms with Gasteiger partial charge in [0.05, 0.1) is 12.8 Å². The normalized spacial score (nSPS) is 11.3. The third-order valence-corrected chi connectivity index (χ3v) is 8.24. The molecule has 3 aromatic heterocycles. The monoisotopic (exact) mass is 650 g/mol. The predicted octanol–water partition coefficient (Wildman–Crippen LogP) is 6.69. The van der Waals surface area contributed by atoms with Crippen molar-refractivity contribution in [3.05, 3.63) is 90.5 Å². The lowest BCUT2D eigenvalue weighted by Crippen LogP contribution is -2.17. The predicted molar refractivity (Wildman–Crippen MR) is 170 cm³/mol. The molecular formula is C32H29F3N6O4S. The molecule has 0 atom stereocenters. The number of pyridine rings is 1. The number of nitrogens with one attached hydrogen (secondary N) is 2. The first-order valence-corrected chi connectivity index (χ1v) is 15.5. The Balaban J connectivity index is 0.000000775. The average Bonchev–Trinajstić information content (AvgIpc) is 3.50. The summed E-state index contributed by atoms with van der Waals surface area (Å²) in [6, 6.07) is 13.3. The Hall–Kier alpha value is -5.21. The van der Waals surface area contributed by atoms with Crippen LogP contribution in [0.15, 0.2) is 78.0 Å². The van der Waals surface area contributed by atoms with Crippen molar-refractivity contribution in [1.29, 1.82) is 0 Å². The second-order valence-electron chi connectivity index (χ2n) is 9.75. The SMILES string of the molecule is CCOCC.COc1cc(-c2cccc(NS(=O)(=O)c3c(F)cccc3F)c2F)cc2c(N)nc(-c3cnc4[nH]ccc4c3)nc12. The molecule has 6 aromatic rings. The number of aromatic nitrogens is 4. The van der Waals surface area contributed by atoms with Gasteiger partial charge in [-0.2, -0.15) is 0 Å². The van der Waals surface area contributed by atoms with E-state index in [1.165, 1.54) is 31.4 Å². The Kier molecular flexibility index (Phi) is 9.39. The summed E-state index contributed by atoms with van der Waals surface area (Å²) in [5.41, 5.74) is 7.71. The first-order chi connectivity index (χ1) is 22.1. The van der Waals surface area contributed by atoms with Gasteiger partial charge in [-0.1, -0.05) is 18.2 Å². The zero-order chi connectivity index (χ0) is 33.0. The van der Waals surface area contributed by atoms with Crippen molar-refractivity contribution in [2.45, 2.75) is 18.7 Å². The number of rotatable bonds is 8. The summed E-state index contributed by atoms with van der Waals surface area (Å²) < 4.78 is 81.8. The van der Waals surface area contributed by atoms with Crippen molar-refractivity contribution in [2.24, 2.45) is 0 Å². The molecule has 0 saturated carbocycles. The average molecular weight is 651 g/mol. The smallest absolute Gasteiger partial charge is 0.267 e. The molecule has 6 rings (SSSR count). The van der Waals surface area contributed by atoms with Gasteiger partial charge in [-0.25, -0.2) is 36.5 Å². The maximum Gasteiger partial charge on any atom is 0.267 e. The van der Waals surface area contributed by atoms with Gasteiger partial charge >= 0.3 is 0 Å². The summed E-state index contributed by atoms with van der Waals surface area (Å²) in [5, 5.41) is 1.22. The van der Waals surface area contributed by atoms with Crippen LogP contribution in [0, 0.1) is 17.5 Å². The van der Waals surface area contributed by atoms with Crippen molar-refractivity contribution in [3.63, 3.8) is 0 Å². The zero-order valence-corrected chi connectivity index (χ0v) is 25.8. The van der Waals surface area contributed by atoms with Crippen LogP contribution in [-0.4, -0.2) is 48.7 Å². The highest BCUT2D eigenvalue weighted by atomic mass is 32.2. The van der Waals surface area contributed by atoms with Crippen LogP contribution in [0.25, 0.3) is 44.5 Å². The molecular weight excluding hydrogens is 621 g/mol. The number of fused-ring (bicyclic) bond motifs is 2. The number of sulfonamides is 1. The molecule has 238 valence electrons. The van der Waals surface area contributed by atoms with E-state index in [-0.39, 0.29) is 22.7 Å². The summed E-state index contributed by atoms with van der Waals surface area (Å²) in [6.07, 6.45) is 3.37. The second kappa shape index (κ2) is 13.4. The maximum atomic E-state index is 15.7. The minimum atomic E-state index is -4.80. The summed E-state index contributed by atoms with van der Waals surface area (Å²) in [4.78, 5) is 15.2. The number of hydrogen-bond donors (Lipinski definition) is 3. The Morgan fingerprint density at radius 2 is 1.65 bits per heavy atom. The number of hydrogen-bond acceptors (Lipinski definition) is 8. The lowest BCUT2D eigenvalue weighted by Gasteiger charge is -2.15. The standard InChI is InChI=1S/C28H19F3N6O3S.C4H10O/c1-40-22-12-15(11-18-24(22)35-28(36-26(18)32)16-10-14-8-9-33-27(14)34-13-16)17-4-2-7-21(23(17)31)37-41(38,39)25-19(29)5-3-6-20(25)30;1-3-5-4-2/h2-13,37H,1H3,(H,33,34)(H2,32,35,36);3-4H2,1-2H3. The van der Waals surface area contributed by atoms with E-state index >= 15 is 4.39 Å². The molecule has 0 saturated heterocycles. The molecule has 0 spiro atoms. The van der Waals surface area contributed by atoms with Crippen molar-refractivity contribution < 1.29 is 31.1 Å². The number of anilines is 2. The van der Waals surface area contributed by atoms with Gasteiger partial charge in [-0.05, 0) is 61.9 Å². The fourth-order valence-corrected chi connectivity index (χ4v) is 5.90. The Labute approximate surface area is 262 Å². The van der Waals surface area contributed by atoms with Crippen molar-refractivity contribution in [2.75, 3.05) is 30.8 Å².